The van der Waals surface area contributed by atoms with E-state index in [1.165, 1.54) is 0 Å². The maximum absolute atomic E-state index is 12.9. The van der Waals surface area contributed by atoms with Crippen molar-refractivity contribution in [1.29, 1.82) is 0 Å². The predicted octanol–water partition coefficient (Wildman–Crippen LogP) is 1.20. The van der Waals surface area contributed by atoms with E-state index in [9.17, 15) is 13.6 Å². The van der Waals surface area contributed by atoms with Gasteiger partial charge in [-0.25, -0.2) is 8.78 Å². The van der Waals surface area contributed by atoms with E-state index in [4.69, 9.17) is 10.5 Å². The van der Waals surface area contributed by atoms with Crippen LogP contribution in [0.2, 0.25) is 0 Å². The number of nitrogens with two attached hydrogens (primary N) is 1. The average molecular weight is 258 g/mol. The van der Waals surface area contributed by atoms with E-state index in [0.717, 1.165) is 18.2 Å². The van der Waals surface area contributed by atoms with Gasteiger partial charge in [0.2, 0.25) is 5.91 Å². The maximum Gasteiger partial charge on any atom is 0.240 e. The number of carbonyl (C=O) groups excluding carboxylic acids is 1. The average Bonchev–Trinajstić information content (AvgIpc) is 2.25. The lowest BCUT2D eigenvalue weighted by Crippen LogP contribution is -2.57. The highest BCUT2D eigenvalue weighted by atomic mass is 19.1. The second kappa shape index (κ2) is 5.77. The van der Waals surface area contributed by atoms with E-state index in [0.29, 0.717) is 6.54 Å². The van der Waals surface area contributed by atoms with Crippen LogP contribution in [0, 0.1) is 11.6 Å². The van der Waals surface area contributed by atoms with Gasteiger partial charge in [-0.15, -0.1) is 0 Å². The Morgan fingerprint density at radius 2 is 1.94 bits per heavy atom. The summed E-state index contributed by atoms with van der Waals surface area (Å²) in [7, 11) is 0. The summed E-state index contributed by atoms with van der Waals surface area (Å²) in [5.41, 5.74) is 4.17. The zero-order chi connectivity index (χ0) is 13.8. The highest BCUT2D eigenvalue weighted by molar-refractivity contribution is 5.84. The number of hydrogen-bond acceptors (Lipinski definition) is 3. The van der Waals surface area contributed by atoms with Crippen molar-refractivity contribution in [3.8, 4) is 5.75 Å². The number of nitrogens with one attached hydrogen (secondary N) is 1. The molecule has 6 heteroatoms. The zero-order valence-electron chi connectivity index (χ0n) is 10.3. The van der Waals surface area contributed by atoms with Crippen LogP contribution in [0.15, 0.2) is 18.2 Å². The molecule has 3 N–H and O–H groups in total. The largest absolute Gasteiger partial charge is 0.491 e. The van der Waals surface area contributed by atoms with Crippen molar-refractivity contribution in [3.05, 3.63) is 29.8 Å². The fraction of sp³-hybridized carbons (Fsp3) is 0.417. The van der Waals surface area contributed by atoms with Gasteiger partial charge in [-0.3, -0.25) is 4.79 Å². The third-order valence-corrected chi connectivity index (χ3v) is 2.47. The van der Waals surface area contributed by atoms with E-state index in [-0.39, 0.29) is 12.4 Å². The third-order valence-electron chi connectivity index (χ3n) is 2.47. The molecule has 1 atom stereocenters. The molecule has 0 fully saturated rings. The molecule has 0 saturated carbocycles. The van der Waals surface area contributed by atoms with Gasteiger partial charge in [-0.1, -0.05) is 6.92 Å². The van der Waals surface area contributed by atoms with Gasteiger partial charge in [0.25, 0.3) is 0 Å². The number of carbonyl (C=O) groups is 1. The molecule has 0 bridgehead atoms. The van der Waals surface area contributed by atoms with Crippen molar-refractivity contribution in [2.45, 2.75) is 19.4 Å². The maximum atomic E-state index is 12.9. The van der Waals surface area contributed by atoms with Crippen LogP contribution in [0.1, 0.15) is 13.8 Å². The fourth-order valence-corrected chi connectivity index (χ4v) is 1.44. The first-order chi connectivity index (χ1) is 8.37. The first-order valence-corrected chi connectivity index (χ1v) is 5.51. The Labute approximate surface area is 104 Å². The SMILES string of the molecule is CCNC(C)(COc1cc(F)cc(F)c1)C(N)=O. The molecule has 1 aromatic carbocycles. The Balaban J connectivity index is 2.76. The number of primary amides is 1. The molecule has 0 saturated heterocycles. The minimum absolute atomic E-state index is 0.0119. The van der Waals surface area contributed by atoms with Crippen LogP contribution >= 0.6 is 0 Å². The van der Waals surface area contributed by atoms with E-state index < -0.39 is 23.1 Å². The molecule has 0 radical (unpaired) electrons. The van der Waals surface area contributed by atoms with Crippen LogP contribution in [0.3, 0.4) is 0 Å². The smallest absolute Gasteiger partial charge is 0.240 e. The summed E-state index contributed by atoms with van der Waals surface area (Å²) in [5.74, 6) is -2.07. The van der Waals surface area contributed by atoms with Crippen LogP contribution in [-0.2, 0) is 4.79 Å². The van der Waals surface area contributed by atoms with Crippen LogP contribution in [0.5, 0.6) is 5.75 Å². The minimum atomic E-state index is -1.09. The summed E-state index contributed by atoms with van der Waals surface area (Å²) in [6, 6.07) is 2.82. The molecule has 0 aromatic heterocycles. The molecule has 1 rings (SSSR count). The van der Waals surface area contributed by atoms with Gasteiger partial charge >= 0.3 is 0 Å². The highest BCUT2D eigenvalue weighted by Crippen LogP contribution is 2.17. The number of ether oxygens (including phenoxy) is 1. The van der Waals surface area contributed by atoms with Gasteiger partial charge in [0.05, 0.1) is 0 Å². The summed E-state index contributed by atoms with van der Waals surface area (Å²) in [6.45, 7) is 3.77. The van der Waals surface area contributed by atoms with Crippen molar-refractivity contribution in [2.24, 2.45) is 5.73 Å². The molecular weight excluding hydrogens is 242 g/mol. The lowest BCUT2D eigenvalue weighted by atomic mass is 10.0. The number of likely N-dealkylation sites (N-methyl/N-ethyl adjacent to an activating group) is 1. The number of rotatable bonds is 6. The van der Waals surface area contributed by atoms with Crippen LogP contribution < -0.4 is 15.8 Å². The first kappa shape index (κ1) is 14.4. The molecule has 0 heterocycles. The standard InChI is InChI=1S/C12H16F2N2O2/c1-3-16-12(2,11(15)17)7-18-10-5-8(13)4-9(14)6-10/h4-6,16H,3,7H2,1-2H3,(H2,15,17). The first-order valence-electron chi connectivity index (χ1n) is 5.51. The lowest BCUT2D eigenvalue weighted by Gasteiger charge is -2.26. The Hall–Kier alpha value is -1.69. The minimum Gasteiger partial charge on any atom is -0.491 e. The molecule has 0 aliphatic carbocycles. The van der Waals surface area contributed by atoms with E-state index >= 15 is 0 Å². The van der Waals surface area contributed by atoms with Gasteiger partial charge < -0.3 is 15.8 Å². The summed E-state index contributed by atoms with van der Waals surface area (Å²) >= 11 is 0. The molecule has 0 spiro atoms. The van der Waals surface area contributed by atoms with Gasteiger partial charge in [-0.2, -0.15) is 0 Å². The number of amides is 1. The monoisotopic (exact) mass is 258 g/mol. The molecule has 1 aromatic rings. The Morgan fingerprint density at radius 3 is 2.39 bits per heavy atom. The Morgan fingerprint density at radius 1 is 1.39 bits per heavy atom. The fourth-order valence-electron chi connectivity index (χ4n) is 1.44. The van der Waals surface area contributed by atoms with Crippen molar-refractivity contribution in [1.82, 2.24) is 5.32 Å². The number of halogens is 2. The summed E-state index contributed by atoms with van der Waals surface area (Å²) in [4.78, 5) is 11.3. The third kappa shape index (κ3) is 3.66. The van der Waals surface area contributed by atoms with Crippen molar-refractivity contribution >= 4 is 5.91 Å². The molecule has 18 heavy (non-hydrogen) atoms. The quantitative estimate of drug-likeness (QED) is 0.805. The number of benzene rings is 1. The molecule has 100 valence electrons. The number of hydrogen-bond donors (Lipinski definition) is 2. The van der Waals surface area contributed by atoms with E-state index in [1.54, 1.807) is 6.92 Å². The van der Waals surface area contributed by atoms with Gasteiger partial charge in [0.15, 0.2) is 0 Å². The van der Waals surface area contributed by atoms with Crippen LogP contribution in [0.25, 0.3) is 0 Å². The molecule has 0 aliphatic rings. The molecular formula is C12H16F2N2O2. The van der Waals surface area contributed by atoms with Gasteiger partial charge in [-0.05, 0) is 13.5 Å². The van der Waals surface area contributed by atoms with E-state index in [1.807, 2.05) is 6.92 Å². The summed E-state index contributed by atoms with van der Waals surface area (Å²) < 4.78 is 31.1. The zero-order valence-corrected chi connectivity index (χ0v) is 10.3. The summed E-state index contributed by atoms with van der Waals surface area (Å²) in [5, 5.41) is 2.87. The lowest BCUT2D eigenvalue weighted by molar-refractivity contribution is -0.124. The highest BCUT2D eigenvalue weighted by Gasteiger charge is 2.31. The summed E-state index contributed by atoms with van der Waals surface area (Å²) in [6.07, 6.45) is 0. The van der Waals surface area contributed by atoms with Crippen LogP contribution in [0.4, 0.5) is 8.78 Å². The van der Waals surface area contributed by atoms with Gasteiger partial charge in [0, 0.05) is 18.2 Å². The van der Waals surface area contributed by atoms with Crippen LogP contribution in [-0.4, -0.2) is 24.6 Å². The van der Waals surface area contributed by atoms with Gasteiger partial charge in [0.1, 0.15) is 29.5 Å². The molecule has 4 nitrogen and oxygen atoms in total. The second-order valence-electron chi connectivity index (χ2n) is 4.12. The molecule has 1 amide bonds. The predicted molar refractivity (Wildman–Crippen MR) is 63.1 cm³/mol. The Bertz CT molecular complexity index is 420. The molecule has 1 unspecified atom stereocenters. The van der Waals surface area contributed by atoms with Crippen molar-refractivity contribution in [2.75, 3.05) is 13.2 Å². The molecule has 0 aliphatic heterocycles. The van der Waals surface area contributed by atoms with Crippen molar-refractivity contribution in [3.63, 3.8) is 0 Å². The second-order valence-corrected chi connectivity index (χ2v) is 4.12. The van der Waals surface area contributed by atoms with E-state index in [2.05, 4.69) is 5.32 Å². The Kier molecular flexibility index (Phi) is 4.61. The normalized spacial score (nSPS) is 14.0. The van der Waals surface area contributed by atoms with Crippen molar-refractivity contribution < 1.29 is 18.3 Å². The topological polar surface area (TPSA) is 64.3 Å².